The molecule has 2 nitrogen and oxygen atoms in total. The standard InChI is InChI=1S/C11H16FIN2/c1-6(2)7(3)15-11-4-8(12)9(13)5-10(11)14/h4-7,15H,14H2,1-3H3. The Kier molecular flexibility index (Phi) is 4.19. The Morgan fingerprint density at radius 2 is 1.93 bits per heavy atom. The van der Waals surface area contributed by atoms with E-state index in [1.165, 1.54) is 6.07 Å². The molecule has 1 unspecified atom stereocenters. The molecule has 0 spiro atoms. The van der Waals surface area contributed by atoms with E-state index >= 15 is 0 Å². The summed E-state index contributed by atoms with van der Waals surface area (Å²) in [6.45, 7) is 6.27. The third-order valence-corrected chi connectivity index (χ3v) is 3.30. The maximum absolute atomic E-state index is 13.3. The van der Waals surface area contributed by atoms with Gasteiger partial charge in [-0.15, -0.1) is 0 Å². The largest absolute Gasteiger partial charge is 0.397 e. The zero-order valence-electron chi connectivity index (χ0n) is 9.14. The molecule has 15 heavy (non-hydrogen) atoms. The summed E-state index contributed by atoms with van der Waals surface area (Å²) < 4.78 is 13.9. The van der Waals surface area contributed by atoms with E-state index < -0.39 is 0 Å². The molecule has 0 radical (unpaired) electrons. The lowest BCUT2D eigenvalue weighted by atomic mass is 10.1. The molecule has 0 aliphatic rings. The van der Waals surface area contributed by atoms with Crippen LogP contribution in [0.3, 0.4) is 0 Å². The maximum Gasteiger partial charge on any atom is 0.138 e. The van der Waals surface area contributed by atoms with Crippen LogP contribution in [0.1, 0.15) is 20.8 Å². The average molecular weight is 322 g/mol. The first-order valence-electron chi connectivity index (χ1n) is 4.93. The molecular weight excluding hydrogens is 306 g/mol. The number of anilines is 2. The van der Waals surface area contributed by atoms with Crippen molar-refractivity contribution < 1.29 is 4.39 Å². The zero-order valence-corrected chi connectivity index (χ0v) is 11.3. The number of rotatable bonds is 3. The molecule has 0 aliphatic carbocycles. The number of halogens is 2. The highest BCUT2D eigenvalue weighted by atomic mass is 127. The number of nitrogen functional groups attached to an aromatic ring is 1. The van der Waals surface area contributed by atoms with Crippen LogP contribution < -0.4 is 11.1 Å². The topological polar surface area (TPSA) is 38.0 Å². The van der Waals surface area contributed by atoms with Crippen molar-refractivity contribution in [2.75, 3.05) is 11.1 Å². The predicted octanol–water partition coefficient (Wildman–Crippen LogP) is 3.47. The minimum atomic E-state index is -0.233. The second-order valence-corrected chi connectivity index (χ2v) is 5.19. The number of benzene rings is 1. The Morgan fingerprint density at radius 1 is 1.33 bits per heavy atom. The highest BCUT2D eigenvalue weighted by Crippen LogP contribution is 2.25. The summed E-state index contributed by atoms with van der Waals surface area (Å²) in [6, 6.07) is 3.37. The minimum Gasteiger partial charge on any atom is -0.397 e. The minimum absolute atomic E-state index is 0.233. The Labute approximate surface area is 104 Å². The van der Waals surface area contributed by atoms with Gasteiger partial charge in [-0.2, -0.15) is 0 Å². The van der Waals surface area contributed by atoms with Crippen LogP contribution in [0.25, 0.3) is 0 Å². The van der Waals surface area contributed by atoms with Crippen LogP contribution in [-0.4, -0.2) is 6.04 Å². The van der Waals surface area contributed by atoms with Crippen LogP contribution in [-0.2, 0) is 0 Å². The van der Waals surface area contributed by atoms with Crippen molar-refractivity contribution in [2.24, 2.45) is 5.92 Å². The molecule has 0 aromatic heterocycles. The second kappa shape index (κ2) is 5.01. The smallest absolute Gasteiger partial charge is 0.138 e. The van der Waals surface area contributed by atoms with Gasteiger partial charge in [0.15, 0.2) is 0 Å². The van der Waals surface area contributed by atoms with E-state index in [0.717, 1.165) is 0 Å². The van der Waals surface area contributed by atoms with Crippen molar-refractivity contribution in [3.8, 4) is 0 Å². The Hall–Kier alpha value is -0.520. The second-order valence-electron chi connectivity index (χ2n) is 4.03. The highest BCUT2D eigenvalue weighted by Gasteiger charge is 2.10. The normalized spacial score (nSPS) is 12.9. The molecule has 4 heteroatoms. The van der Waals surface area contributed by atoms with Gasteiger partial charge in [-0.3, -0.25) is 0 Å². The van der Waals surface area contributed by atoms with E-state index in [9.17, 15) is 4.39 Å². The number of nitrogens with one attached hydrogen (secondary N) is 1. The first-order chi connectivity index (χ1) is 6.91. The summed E-state index contributed by atoms with van der Waals surface area (Å²) in [5, 5.41) is 3.21. The van der Waals surface area contributed by atoms with Gasteiger partial charge in [0.05, 0.1) is 14.9 Å². The molecule has 1 atom stereocenters. The number of nitrogens with two attached hydrogens (primary N) is 1. The molecule has 0 saturated carbocycles. The van der Waals surface area contributed by atoms with Gasteiger partial charge in [-0.25, -0.2) is 4.39 Å². The van der Waals surface area contributed by atoms with Crippen LogP contribution in [0.15, 0.2) is 12.1 Å². The summed E-state index contributed by atoms with van der Waals surface area (Å²) in [7, 11) is 0. The van der Waals surface area contributed by atoms with Crippen LogP contribution in [0.2, 0.25) is 0 Å². The van der Waals surface area contributed by atoms with Crippen molar-refractivity contribution in [1.29, 1.82) is 0 Å². The molecule has 84 valence electrons. The van der Waals surface area contributed by atoms with Crippen LogP contribution >= 0.6 is 22.6 Å². The summed E-state index contributed by atoms with van der Waals surface area (Å²) in [5.74, 6) is 0.245. The van der Waals surface area contributed by atoms with E-state index in [2.05, 4.69) is 26.1 Å². The first-order valence-corrected chi connectivity index (χ1v) is 6.00. The molecule has 0 aliphatic heterocycles. The van der Waals surface area contributed by atoms with E-state index in [1.54, 1.807) is 6.07 Å². The van der Waals surface area contributed by atoms with Crippen LogP contribution in [0.5, 0.6) is 0 Å². The van der Waals surface area contributed by atoms with E-state index in [4.69, 9.17) is 5.73 Å². The molecule has 0 amide bonds. The zero-order chi connectivity index (χ0) is 11.6. The van der Waals surface area contributed by atoms with E-state index in [0.29, 0.717) is 20.9 Å². The van der Waals surface area contributed by atoms with Gasteiger partial charge in [0, 0.05) is 12.1 Å². The highest BCUT2D eigenvalue weighted by molar-refractivity contribution is 14.1. The van der Waals surface area contributed by atoms with Gasteiger partial charge in [0.25, 0.3) is 0 Å². The number of hydrogen-bond donors (Lipinski definition) is 2. The Balaban J connectivity index is 2.91. The predicted molar refractivity (Wildman–Crippen MR) is 71.5 cm³/mol. The lowest BCUT2D eigenvalue weighted by Crippen LogP contribution is -2.22. The van der Waals surface area contributed by atoms with Crippen LogP contribution in [0.4, 0.5) is 15.8 Å². The van der Waals surface area contributed by atoms with Gasteiger partial charge in [-0.05, 0) is 41.5 Å². The fourth-order valence-electron chi connectivity index (χ4n) is 1.10. The van der Waals surface area contributed by atoms with E-state index in [1.807, 2.05) is 22.6 Å². The molecule has 1 aromatic carbocycles. The lowest BCUT2D eigenvalue weighted by Gasteiger charge is -2.20. The third-order valence-electron chi connectivity index (χ3n) is 2.48. The van der Waals surface area contributed by atoms with Gasteiger partial charge < -0.3 is 11.1 Å². The molecule has 1 rings (SSSR count). The monoisotopic (exact) mass is 322 g/mol. The summed E-state index contributed by atoms with van der Waals surface area (Å²) in [6.07, 6.45) is 0. The van der Waals surface area contributed by atoms with Crippen molar-refractivity contribution in [1.82, 2.24) is 0 Å². The van der Waals surface area contributed by atoms with Crippen molar-refractivity contribution in [3.05, 3.63) is 21.5 Å². The SMILES string of the molecule is CC(C)C(C)Nc1cc(F)c(I)cc1N. The lowest BCUT2D eigenvalue weighted by molar-refractivity contribution is 0.559. The molecule has 0 heterocycles. The number of hydrogen-bond acceptors (Lipinski definition) is 2. The molecule has 0 fully saturated rings. The average Bonchev–Trinajstić information content (AvgIpc) is 2.13. The molecule has 0 bridgehead atoms. The van der Waals surface area contributed by atoms with Gasteiger partial charge in [0.1, 0.15) is 5.82 Å². The molecular formula is C11H16FIN2. The quantitative estimate of drug-likeness (QED) is 0.661. The fraction of sp³-hybridized carbons (Fsp3) is 0.455. The van der Waals surface area contributed by atoms with E-state index in [-0.39, 0.29) is 11.9 Å². The Morgan fingerprint density at radius 3 is 2.47 bits per heavy atom. The molecule has 0 saturated heterocycles. The van der Waals surface area contributed by atoms with Crippen molar-refractivity contribution >= 4 is 34.0 Å². The first kappa shape index (κ1) is 12.5. The summed E-state index contributed by atoms with van der Waals surface area (Å²) in [4.78, 5) is 0. The fourth-order valence-corrected chi connectivity index (χ4v) is 1.59. The summed E-state index contributed by atoms with van der Waals surface area (Å²) >= 11 is 1.93. The molecule has 3 N–H and O–H groups in total. The van der Waals surface area contributed by atoms with Gasteiger partial charge >= 0.3 is 0 Å². The van der Waals surface area contributed by atoms with Crippen molar-refractivity contribution in [3.63, 3.8) is 0 Å². The van der Waals surface area contributed by atoms with Gasteiger partial charge in [0.2, 0.25) is 0 Å². The Bertz CT molecular complexity index is 353. The molecule has 1 aromatic rings. The summed E-state index contributed by atoms with van der Waals surface area (Å²) in [5.41, 5.74) is 7.07. The maximum atomic E-state index is 13.3. The van der Waals surface area contributed by atoms with Crippen LogP contribution in [0, 0.1) is 15.3 Å². The third kappa shape index (κ3) is 3.22. The van der Waals surface area contributed by atoms with Gasteiger partial charge in [-0.1, -0.05) is 13.8 Å². The van der Waals surface area contributed by atoms with Crippen molar-refractivity contribution in [2.45, 2.75) is 26.8 Å².